The van der Waals surface area contributed by atoms with Crippen molar-refractivity contribution in [2.75, 3.05) is 0 Å². The first-order chi connectivity index (χ1) is 6.35. The van der Waals surface area contributed by atoms with Crippen molar-refractivity contribution in [1.82, 2.24) is 0 Å². The van der Waals surface area contributed by atoms with Crippen molar-refractivity contribution in [2.45, 2.75) is 19.8 Å². The van der Waals surface area contributed by atoms with E-state index < -0.39 is 23.1 Å². The highest BCUT2D eigenvalue weighted by Crippen LogP contribution is 2.31. The maximum absolute atomic E-state index is 13.1. The van der Waals surface area contributed by atoms with Crippen LogP contribution in [0, 0.1) is 12.7 Å². The summed E-state index contributed by atoms with van der Waals surface area (Å²) in [5.41, 5.74) is -0.332. The molecule has 0 atom stereocenters. The summed E-state index contributed by atoms with van der Waals surface area (Å²) in [7, 11) is 0. The van der Waals surface area contributed by atoms with E-state index in [1.165, 1.54) is 6.07 Å². The molecule has 76 valence electrons. The number of carbonyl (C=O) groups is 1. The third-order valence-corrected chi connectivity index (χ3v) is 1.91. The number of Topliss-reactive ketones (excluding diaryl/α,β-unsaturated/α-hetero) is 1. The Hall–Kier alpha value is -1.32. The summed E-state index contributed by atoms with van der Waals surface area (Å²) >= 11 is 0. The monoisotopic (exact) mass is 202 g/mol. The highest BCUT2D eigenvalue weighted by Gasteiger charge is 2.39. The molecular weight excluding hydrogens is 193 g/mol. The Kier molecular flexibility index (Phi) is 2.64. The molecule has 0 aliphatic rings. The molecule has 0 heterocycles. The van der Waals surface area contributed by atoms with Crippen LogP contribution >= 0.6 is 0 Å². The first-order valence-corrected chi connectivity index (χ1v) is 4.01. The second-order valence-corrected chi connectivity index (χ2v) is 3.11. The van der Waals surface area contributed by atoms with E-state index in [2.05, 4.69) is 0 Å². The van der Waals surface area contributed by atoms with E-state index in [0.29, 0.717) is 5.56 Å². The van der Waals surface area contributed by atoms with Gasteiger partial charge >= 0.3 is 5.92 Å². The van der Waals surface area contributed by atoms with Crippen LogP contribution in [0.25, 0.3) is 0 Å². The van der Waals surface area contributed by atoms with E-state index in [9.17, 15) is 18.0 Å². The van der Waals surface area contributed by atoms with Crippen molar-refractivity contribution >= 4 is 5.78 Å². The lowest BCUT2D eigenvalue weighted by Crippen LogP contribution is -2.24. The van der Waals surface area contributed by atoms with Gasteiger partial charge in [0, 0.05) is 6.92 Å². The van der Waals surface area contributed by atoms with Gasteiger partial charge in [-0.3, -0.25) is 4.79 Å². The van der Waals surface area contributed by atoms with Gasteiger partial charge in [-0.1, -0.05) is 6.07 Å². The van der Waals surface area contributed by atoms with Crippen LogP contribution in [0.3, 0.4) is 0 Å². The topological polar surface area (TPSA) is 17.1 Å². The third kappa shape index (κ3) is 1.78. The van der Waals surface area contributed by atoms with Crippen LogP contribution in [0.5, 0.6) is 0 Å². The highest BCUT2D eigenvalue weighted by molar-refractivity contribution is 5.84. The van der Waals surface area contributed by atoms with E-state index in [0.717, 1.165) is 19.1 Å². The maximum Gasteiger partial charge on any atom is 0.332 e. The van der Waals surface area contributed by atoms with Gasteiger partial charge < -0.3 is 0 Å². The summed E-state index contributed by atoms with van der Waals surface area (Å²) in [6.45, 7) is 2.32. The van der Waals surface area contributed by atoms with Crippen molar-refractivity contribution < 1.29 is 18.0 Å². The van der Waals surface area contributed by atoms with Crippen molar-refractivity contribution in [2.24, 2.45) is 0 Å². The number of hydrogen-bond acceptors (Lipinski definition) is 1. The molecule has 0 bridgehead atoms. The van der Waals surface area contributed by atoms with E-state index >= 15 is 0 Å². The molecule has 0 spiro atoms. The molecule has 1 aromatic carbocycles. The van der Waals surface area contributed by atoms with E-state index in [1.807, 2.05) is 0 Å². The fraction of sp³-hybridized carbons (Fsp3) is 0.300. The molecule has 0 unspecified atom stereocenters. The molecule has 0 saturated heterocycles. The molecule has 0 N–H and O–H groups in total. The molecule has 14 heavy (non-hydrogen) atoms. The Labute approximate surface area is 79.5 Å². The Bertz CT molecular complexity index is 372. The Morgan fingerprint density at radius 1 is 1.36 bits per heavy atom. The minimum Gasteiger partial charge on any atom is -0.293 e. The number of rotatable bonds is 2. The van der Waals surface area contributed by atoms with Crippen LogP contribution in [0.2, 0.25) is 0 Å². The Morgan fingerprint density at radius 2 is 1.93 bits per heavy atom. The standard InChI is InChI=1S/C10H9F3O/c1-6-3-4-8(9(11)5-6)10(12,13)7(2)14/h3-5H,1-2H3. The second kappa shape index (κ2) is 3.44. The van der Waals surface area contributed by atoms with Crippen molar-refractivity contribution in [3.8, 4) is 0 Å². The number of halogens is 3. The lowest BCUT2D eigenvalue weighted by molar-refractivity contribution is -0.142. The zero-order chi connectivity index (χ0) is 10.9. The highest BCUT2D eigenvalue weighted by atomic mass is 19.3. The molecule has 0 fully saturated rings. The minimum absolute atomic E-state index is 0.533. The van der Waals surface area contributed by atoms with Gasteiger partial charge in [-0.15, -0.1) is 0 Å². The van der Waals surface area contributed by atoms with Gasteiger partial charge in [0.25, 0.3) is 0 Å². The van der Waals surface area contributed by atoms with Crippen LogP contribution in [0.4, 0.5) is 13.2 Å². The SMILES string of the molecule is CC(=O)C(F)(F)c1ccc(C)cc1F. The number of benzene rings is 1. The molecule has 0 aromatic heterocycles. The normalized spacial score (nSPS) is 11.5. The lowest BCUT2D eigenvalue weighted by Gasteiger charge is -2.13. The molecule has 4 heteroatoms. The Balaban J connectivity index is 3.26. The van der Waals surface area contributed by atoms with Gasteiger partial charge in [-0.2, -0.15) is 8.78 Å². The fourth-order valence-electron chi connectivity index (χ4n) is 1.06. The predicted octanol–water partition coefficient (Wildman–Crippen LogP) is 2.81. The van der Waals surface area contributed by atoms with Gasteiger partial charge in [0.2, 0.25) is 5.78 Å². The zero-order valence-corrected chi connectivity index (χ0v) is 7.77. The number of ketones is 1. The van der Waals surface area contributed by atoms with E-state index in [4.69, 9.17) is 0 Å². The molecule has 1 aromatic rings. The van der Waals surface area contributed by atoms with Gasteiger partial charge in [0.05, 0.1) is 5.56 Å². The summed E-state index contributed by atoms with van der Waals surface area (Å²) in [6.07, 6.45) is 0. The number of alkyl halides is 2. The van der Waals surface area contributed by atoms with E-state index in [1.54, 1.807) is 6.92 Å². The number of aryl methyl sites for hydroxylation is 1. The molecule has 0 saturated carbocycles. The number of hydrogen-bond donors (Lipinski definition) is 0. The molecule has 1 rings (SSSR count). The summed E-state index contributed by atoms with van der Waals surface area (Å²) < 4.78 is 39.2. The molecule has 0 amide bonds. The average molecular weight is 202 g/mol. The molecule has 0 radical (unpaired) electrons. The molecule has 0 aliphatic carbocycles. The smallest absolute Gasteiger partial charge is 0.293 e. The summed E-state index contributed by atoms with van der Waals surface area (Å²) in [4.78, 5) is 10.6. The Morgan fingerprint density at radius 3 is 2.36 bits per heavy atom. The predicted molar refractivity (Wildman–Crippen MR) is 45.7 cm³/mol. The molecule has 1 nitrogen and oxygen atoms in total. The molecule has 0 aliphatic heterocycles. The summed E-state index contributed by atoms with van der Waals surface area (Å²) in [5.74, 6) is -6.15. The van der Waals surface area contributed by atoms with Gasteiger partial charge in [-0.05, 0) is 24.6 Å². The van der Waals surface area contributed by atoms with Crippen molar-refractivity contribution in [3.63, 3.8) is 0 Å². The first-order valence-electron chi connectivity index (χ1n) is 4.01. The van der Waals surface area contributed by atoms with Crippen LogP contribution in [0.15, 0.2) is 18.2 Å². The van der Waals surface area contributed by atoms with Crippen molar-refractivity contribution in [1.29, 1.82) is 0 Å². The van der Waals surface area contributed by atoms with Gasteiger partial charge in [0.15, 0.2) is 0 Å². The fourth-order valence-corrected chi connectivity index (χ4v) is 1.06. The third-order valence-electron chi connectivity index (χ3n) is 1.91. The van der Waals surface area contributed by atoms with Crippen LogP contribution in [0.1, 0.15) is 18.1 Å². The molecular formula is C10H9F3O. The van der Waals surface area contributed by atoms with Crippen molar-refractivity contribution in [3.05, 3.63) is 35.1 Å². The van der Waals surface area contributed by atoms with Crippen LogP contribution < -0.4 is 0 Å². The zero-order valence-electron chi connectivity index (χ0n) is 7.77. The van der Waals surface area contributed by atoms with Crippen LogP contribution in [-0.2, 0) is 10.7 Å². The quantitative estimate of drug-likeness (QED) is 0.720. The second-order valence-electron chi connectivity index (χ2n) is 3.11. The minimum atomic E-state index is -3.74. The van der Waals surface area contributed by atoms with Crippen LogP contribution in [-0.4, -0.2) is 5.78 Å². The van der Waals surface area contributed by atoms with Gasteiger partial charge in [-0.25, -0.2) is 4.39 Å². The largest absolute Gasteiger partial charge is 0.332 e. The first kappa shape index (κ1) is 10.8. The summed E-state index contributed by atoms with van der Waals surface area (Å²) in [5, 5.41) is 0. The maximum atomic E-state index is 13.1. The number of carbonyl (C=O) groups excluding carboxylic acids is 1. The van der Waals surface area contributed by atoms with Gasteiger partial charge in [0.1, 0.15) is 5.82 Å². The lowest BCUT2D eigenvalue weighted by atomic mass is 10.0. The summed E-state index contributed by atoms with van der Waals surface area (Å²) in [6, 6.07) is 3.26. The van der Waals surface area contributed by atoms with E-state index in [-0.39, 0.29) is 0 Å². The average Bonchev–Trinajstić information content (AvgIpc) is 2.02.